The van der Waals surface area contributed by atoms with Crippen LogP contribution in [0.1, 0.15) is 12.5 Å². The number of allylic oxidation sites excluding steroid dienone is 2. The first kappa shape index (κ1) is 10.9. The van der Waals surface area contributed by atoms with Crippen molar-refractivity contribution in [3.63, 3.8) is 0 Å². The molecule has 0 radical (unpaired) electrons. The topological polar surface area (TPSA) is 17.1 Å². The Morgan fingerprint density at radius 2 is 2.07 bits per heavy atom. The lowest BCUT2D eigenvalue weighted by atomic mass is 10.2. The van der Waals surface area contributed by atoms with Crippen LogP contribution in [-0.2, 0) is 16.6 Å². The van der Waals surface area contributed by atoms with Crippen molar-refractivity contribution in [2.24, 2.45) is 0 Å². The molecular weight excluding hydrogens is 192 g/mol. The van der Waals surface area contributed by atoms with Crippen LogP contribution in [0.5, 0.6) is 0 Å². The molecule has 2 heteroatoms. The van der Waals surface area contributed by atoms with E-state index in [9.17, 15) is 4.21 Å². The molecule has 0 aliphatic rings. The minimum absolute atomic E-state index is 0.574. The highest BCUT2D eigenvalue weighted by atomic mass is 32.2. The quantitative estimate of drug-likeness (QED) is 0.692. The molecule has 1 aromatic rings. The summed E-state index contributed by atoms with van der Waals surface area (Å²) in [6.07, 6.45) is 1.79. The van der Waals surface area contributed by atoms with Gasteiger partial charge in [0.05, 0.1) is 16.6 Å². The Kier molecular flexibility index (Phi) is 4.33. The van der Waals surface area contributed by atoms with Crippen molar-refractivity contribution in [3.8, 4) is 0 Å². The SMILES string of the molecule is C=C(C)/C=C\[S@](=O)Cc1ccccc1. The zero-order valence-electron chi connectivity index (χ0n) is 8.27. The molecule has 0 N–H and O–H groups in total. The Hall–Kier alpha value is -1.15. The van der Waals surface area contributed by atoms with E-state index in [1.807, 2.05) is 37.3 Å². The average molecular weight is 206 g/mol. The molecule has 0 fully saturated rings. The van der Waals surface area contributed by atoms with Gasteiger partial charge in [-0.15, -0.1) is 0 Å². The average Bonchev–Trinajstić information content (AvgIpc) is 2.16. The summed E-state index contributed by atoms with van der Waals surface area (Å²) in [6.45, 7) is 5.60. The fourth-order valence-corrected chi connectivity index (χ4v) is 1.98. The largest absolute Gasteiger partial charge is 0.255 e. The lowest BCUT2D eigenvalue weighted by Crippen LogP contribution is -1.90. The second kappa shape index (κ2) is 5.55. The van der Waals surface area contributed by atoms with Crippen LogP contribution in [0.2, 0.25) is 0 Å². The summed E-state index contributed by atoms with van der Waals surface area (Å²) in [6, 6.07) is 9.82. The fourth-order valence-electron chi connectivity index (χ4n) is 0.979. The molecule has 0 unspecified atom stereocenters. The second-order valence-corrected chi connectivity index (χ2v) is 4.48. The van der Waals surface area contributed by atoms with Crippen molar-refractivity contribution < 1.29 is 4.21 Å². The Bertz CT molecular complexity index is 352. The van der Waals surface area contributed by atoms with E-state index in [0.29, 0.717) is 5.75 Å². The van der Waals surface area contributed by atoms with E-state index in [1.54, 1.807) is 11.5 Å². The first-order chi connectivity index (χ1) is 6.68. The second-order valence-electron chi connectivity index (χ2n) is 3.16. The third-order valence-corrected chi connectivity index (χ3v) is 2.71. The van der Waals surface area contributed by atoms with Gasteiger partial charge >= 0.3 is 0 Å². The van der Waals surface area contributed by atoms with E-state index in [0.717, 1.165) is 11.1 Å². The van der Waals surface area contributed by atoms with E-state index in [-0.39, 0.29) is 0 Å². The van der Waals surface area contributed by atoms with E-state index < -0.39 is 10.8 Å². The third-order valence-electron chi connectivity index (χ3n) is 1.66. The number of rotatable bonds is 4. The standard InChI is InChI=1S/C12H14OS/c1-11(2)8-9-14(13)10-12-6-4-3-5-7-12/h3-9H,1,10H2,2H3/b9-8-/t14-/m0/s1. The number of benzene rings is 1. The molecule has 1 atom stereocenters. The van der Waals surface area contributed by atoms with Gasteiger partial charge in [-0.1, -0.05) is 48.6 Å². The molecule has 0 spiro atoms. The third kappa shape index (κ3) is 4.19. The van der Waals surface area contributed by atoms with Gasteiger partial charge in [-0.3, -0.25) is 4.21 Å². The van der Waals surface area contributed by atoms with Gasteiger partial charge in [-0.25, -0.2) is 0 Å². The molecule has 0 saturated carbocycles. The van der Waals surface area contributed by atoms with Crippen LogP contribution in [0.25, 0.3) is 0 Å². The number of hydrogen-bond acceptors (Lipinski definition) is 1. The molecule has 0 bridgehead atoms. The molecule has 0 amide bonds. The molecule has 0 aliphatic carbocycles. The Balaban J connectivity index is 2.54. The fraction of sp³-hybridized carbons (Fsp3) is 0.167. The van der Waals surface area contributed by atoms with Gasteiger partial charge in [-0.2, -0.15) is 0 Å². The monoisotopic (exact) mass is 206 g/mol. The summed E-state index contributed by atoms with van der Waals surface area (Å²) >= 11 is 0. The van der Waals surface area contributed by atoms with Crippen molar-refractivity contribution in [3.05, 3.63) is 59.5 Å². The maximum absolute atomic E-state index is 11.5. The van der Waals surface area contributed by atoms with Crippen molar-refractivity contribution >= 4 is 10.8 Å². The molecule has 0 saturated heterocycles. The number of hydrogen-bond donors (Lipinski definition) is 0. The highest BCUT2D eigenvalue weighted by molar-refractivity contribution is 7.87. The van der Waals surface area contributed by atoms with Crippen LogP contribution in [0.4, 0.5) is 0 Å². The highest BCUT2D eigenvalue weighted by Crippen LogP contribution is 2.04. The molecule has 1 aromatic carbocycles. The predicted molar refractivity (Wildman–Crippen MR) is 62.2 cm³/mol. The van der Waals surface area contributed by atoms with Gasteiger partial charge in [-0.05, 0) is 12.5 Å². The van der Waals surface area contributed by atoms with Crippen LogP contribution in [0.15, 0.2) is 54.0 Å². The van der Waals surface area contributed by atoms with Gasteiger partial charge in [0.25, 0.3) is 0 Å². The molecule has 14 heavy (non-hydrogen) atoms. The van der Waals surface area contributed by atoms with E-state index in [1.165, 1.54) is 0 Å². The highest BCUT2D eigenvalue weighted by Gasteiger charge is 1.95. The van der Waals surface area contributed by atoms with Gasteiger partial charge < -0.3 is 0 Å². The Morgan fingerprint density at radius 1 is 1.43 bits per heavy atom. The Labute approximate surface area is 87.6 Å². The Morgan fingerprint density at radius 3 is 2.64 bits per heavy atom. The summed E-state index contributed by atoms with van der Waals surface area (Å²) in [5.74, 6) is 0.574. The van der Waals surface area contributed by atoms with Crippen molar-refractivity contribution in [2.75, 3.05) is 0 Å². The van der Waals surface area contributed by atoms with Gasteiger partial charge in [0.2, 0.25) is 0 Å². The summed E-state index contributed by atoms with van der Waals surface area (Å²) in [4.78, 5) is 0. The molecule has 0 heterocycles. The first-order valence-electron chi connectivity index (χ1n) is 4.43. The normalized spacial score (nSPS) is 12.9. The molecule has 1 nitrogen and oxygen atoms in total. The van der Waals surface area contributed by atoms with Crippen LogP contribution >= 0.6 is 0 Å². The molecule has 0 aromatic heterocycles. The van der Waals surface area contributed by atoms with Crippen LogP contribution in [0.3, 0.4) is 0 Å². The zero-order chi connectivity index (χ0) is 10.4. The summed E-state index contributed by atoms with van der Waals surface area (Å²) < 4.78 is 11.5. The van der Waals surface area contributed by atoms with Crippen LogP contribution < -0.4 is 0 Å². The molecule has 1 rings (SSSR count). The van der Waals surface area contributed by atoms with E-state index in [2.05, 4.69) is 6.58 Å². The van der Waals surface area contributed by atoms with E-state index in [4.69, 9.17) is 0 Å². The lowest BCUT2D eigenvalue weighted by Gasteiger charge is -1.96. The first-order valence-corrected chi connectivity index (χ1v) is 5.81. The van der Waals surface area contributed by atoms with Crippen LogP contribution in [-0.4, -0.2) is 4.21 Å². The lowest BCUT2D eigenvalue weighted by molar-refractivity contribution is 0.688. The van der Waals surface area contributed by atoms with Gasteiger partial charge in [0.1, 0.15) is 0 Å². The van der Waals surface area contributed by atoms with Crippen molar-refractivity contribution in [2.45, 2.75) is 12.7 Å². The summed E-state index contributed by atoms with van der Waals surface area (Å²) in [5.41, 5.74) is 2.02. The summed E-state index contributed by atoms with van der Waals surface area (Å²) in [5, 5.41) is 1.69. The minimum Gasteiger partial charge on any atom is -0.255 e. The summed E-state index contributed by atoms with van der Waals surface area (Å²) in [7, 11) is -0.933. The van der Waals surface area contributed by atoms with Crippen LogP contribution in [0, 0.1) is 0 Å². The maximum Gasteiger partial charge on any atom is 0.0526 e. The molecule has 74 valence electrons. The minimum atomic E-state index is -0.933. The van der Waals surface area contributed by atoms with Gasteiger partial charge in [0.15, 0.2) is 0 Å². The maximum atomic E-state index is 11.5. The zero-order valence-corrected chi connectivity index (χ0v) is 9.09. The van der Waals surface area contributed by atoms with Crippen molar-refractivity contribution in [1.82, 2.24) is 0 Å². The van der Waals surface area contributed by atoms with Crippen molar-refractivity contribution in [1.29, 1.82) is 0 Å². The smallest absolute Gasteiger partial charge is 0.0526 e. The van der Waals surface area contributed by atoms with Gasteiger partial charge in [0, 0.05) is 5.41 Å². The molecular formula is C12H14OS. The molecule has 0 aliphatic heterocycles. The van der Waals surface area contributed by atoms with E-state index >= 15 is 0 Å². The predicted octanol–water partition coefficient (Wildman–Crippen LogP) is 3.03.